The van der Waals surface area contributed by atoms with Gasteiger partial charge in [-0.05, 0) is 31.9 Å². The van der Waals surface area contributed by atoms with E-state index in [9.17, 15) is 0 Å². The van der Waals surface area contributed by atoms with Crippen molar-refractivity contribution in [3.05, 3.63) is 24.3 Å². The molecule has 0 heterocycles. The molecule has 1 fully saturated rings. The van der Waals surface area contributed by atoms with Gasteiger partial charge in [-0.1, -0.05) is 12.1 Å². The van der Waals surface area contributed by atoms with Gasteiger partial charge in [-0.2, -0.15) is 0 Å². The first-order valence-corrected chi connectivity index (χ1v) is 4.94. The fourth-order valence-electron chi connectivity index (χ4n) is 1.76. The van der Waals surface area contributed by atoms with Crippen LogP contribution in [0.5, 0.6) is 0 Å². The van der Waals surface area contributed by atoms with Gasteiger partial charge in [0.05, 0.1) is 11.4 Å². The van der Waals surface area contributed by atoms with E-state index >= 15 is 0 Å². The van der Waals surface area contributed by atoms with Crippen LogP contribution in [0.4, 0.5) is 11.4 Å². The van der Waals surface area contributed by atoms with E-state index in [1.807, 2.05) is 12.1 Å². The maximum atomic E-state index is 5.92. The van der Waals surface area contributed by atoms with Crippen LogP contribution in [0, 0.1) is 0 Å². The molecule has 0 saturated heterocycles. The number of para-hydroxylation sites is 2. The van der Waals surface area contributed by atoms with E-state index in [1.165, 1.54) is 18.5 Å². The van der Waals surface area contributed by atoms with Gasteiger partial charge in [-0.25, -0.2) is 0 Å². The van der Waals surface area contributed by atoms with Crippen LogP contribution in [0.25, 0.3) is 0 Å². The van der Waals surface area contributed by atoms with Crippen molar-refractivity contribution < 1.29 is 0 Å². The van der Waals surface area contributed by atoms with Crippen molar-refractivity contribution in [3.8, 4) is 0 Å². The summed E-state index contributed by atoms with van der Waals surface area (Å²) < 4.78 is 0. The Bertz CT molecular complexity index is 292. The Hall–Kier alpha value is -1.18. The highest BCUT2D eigenvalue weighted by molar-refractivity contribution is 5.68. The normalized spacial score (nSPS) is 15.8. The maximum Gasteiger partial charge on any atom is 0.0602 e. The third-order valence-corrected chi connectivity index (χ3v) is 2.57. The van der Waals surface area contributed by atoms with Crippen molar-refractivity contribution in [2.24, 2.45) is 0 Å². The Morgan fingerprint density at radius 1 is 1.38 bits per heavy atom. The molecule has 13 heavy (non-hydrogen) atoms. The van der Waals surface area contributed by atoms with Crippen molar-refractivity contribution in [1.29, 1.82) is 0 Å². The Balaban J connectivity index is 2.26. The highest BCUT2D eigenvalue weighted by Gasteiger charge is 2.28. The Morgan fingerprint density at radius 3 is 2.62 bits per heavy atom. The first-order chi connectivity index (χ1) is 6.33. The predicted molar refractivity (Wildman–Crippen MR) is 56.9 cm³/mol. The average molecular weight is 176 g/mol. The van der Waals surface area contributed by atoms with Gasteiger partial charge in [-0.15, -0.1) is 0 Å². The van der Waals surface area contributed by atoms with Gasteiger partial charge in [0.25, 0.3) is 0 Å². The molecule has 2 heteroatoms. The minimum atomic E-state index is 0.745. The summed E-state index contributed by atoms with van der Waals surface area (Å²) in [7, 11) is 0. The number of nitrogens with two attached hydrogens (primary N) is 1. The van der Waals surface area contributed by atoms with E-state index in [4.69, 9.17) is 5.73 Å². The van der Waals surface area contributed by atoms with E-state index in [0.717, 1.165) is 18.3 Å². The summed E-state index contributed by atoms with van der Waals surface area (Å²) in [5.74, 6) is 0. The second-order valence-electron chi connectivity index (χ2n) is 3.58. The molecule has 0 spiro atoms. The highest BCUT2D eigenvalue weighted by Crippen LogP contribution is 2.34. The van der Waals surface area contributed by atoms with Gasteiger partial charge in [0, 0.05) is 12.6 Å². The number of anilines is 2. The van der Waals surface area contributed by atoms with E-state index in [1.54, 1.807) is 0 Å². The van der Waals surface area contributed by atoms with Gasteiger partial charge < -0.3 is 10.6 Å². The topological polar surface area (TPSA) is 29.3 Å². The molecule has 1 aromatic carbocycles. The number of hydrogen-bond donors (Lipinski definition) is 1. The summed E-state index contributed by atoms with van der Waals surface area (Å²) in [4.78, 5) is 2.40. The first-order valence-electron chi connectivity index (χ1n) is 4.94. The third-order valence-electron chi connectivity index (χ3n) is 2.57. The molecule has 1 aliphatic carbocycles. The second kappa shape index (κ2) is 3.29. The predicted octanol–water partition coefficient (Wildman–Crippen LogP) is 2.26. The summed E-state index contributed by atoms with van der Waals surface area (Å²) in [6.07, 6.45) is 2.64. The Kier molecular flexibility index (Phi) is 2.13. The molecule has 2 rings (SSSR count). The lowest BCUT2D eigenvalue weighted by atomic mass is 10.2. The fourth-order valence-corrected chi connectivity index (χ4v) is 1.76. The number of nitrogens with zero attached hydrogens (tertiary/aromatic N) is 1. The lowest BCUT2D eigenvalue weighted by Crippen LogP contribution is -2.25. The maximum absolute atomic E-state index is 5.92. The minimum Gasteiger partial charge on any atom is -0.397 e. The zero-order valence-electron chi connectivity index (χ0n) is 8.03. The molecule has 1 aliphatic rings. The van der Waals surface area contributed by atoms with Crippen molar-refractivity contribution in [2.45, 2.75) is 25.8 Å². The molecule has 1 aromatic rings. The van der Waals surface area contributed by atoms with Crippen LogP contribution < -0.4 is 10.6 Å². The van der Waals surface area contributed by atoms with Gasteiger partial charge in [0.2, 0.25) is 0 Å². The first kappa shape index (κ1) is 8.42. The van der Waals surface area contributed by atoms with Crippen LogP contribution in [0.1, 0.15) is 19.8 Å². The summed E-state index contributed by atoms with van der Waals surface area (Å²) in [6, 6.07) is 8.86. The van der Waals surface area contributed by atoms with E-state index in [0.29, 0.717) is 0 Å². The zero-order valence-corrected chi connectivity index (χ0v) is 8.03. The molecule has 0 atom stereocenters. The molecule has 0 radical (unpaired) electrons. The van der Waals surface area contributed by atoms with E-state index < -0.39 is 0 Å². The standard InChI is InChI=1S/C11H16N2/c1-2-13(9-7-8-9)11-6-4-3-5-10(11)12/h3-6,9H,2,7-8,12H2,1H3. The molecular weight excluding hydrogens is 160 g/mol. The lowest BCUT2D eigenvalue weighted by Gasteiger charge is -2.24. The Morgan fingerprint density at radius 2 is 2.08 bits per heavy atom. The monoisotopic (exact) mass is 176 g/mol. The molecular formula is C11H16N2. The number of nitrogen functional groups attached to an aromatic ring is 1. The Labute approximate surface area is 79.4 Å². The molecule has 2 nitrogen and oxygen atoms in total. The van der Waals surface area contributed by atoms with Gasteiger partial charge in [0.1, 0.15) is 0 Å². The van der Waals surface area contributed by atoms with Crippen molar-refractivity contribution in [3.63, 3.8) is 0 Å². The second-order valence-corrected chi connectivity index (χ2v) is 3.58. The van der Waals surface area contributed by atoms with Gasteiger partial charge in [0.15, 0.2) is 0 Å². The van der Waals surface area contributed by atoms with Gasteiger partial charge >= 0.3 is 0 Å². The molecule has 0 bridgehead atoms. The van der Waals surface area contributed by atoms with Gasteiger partial charge in [-0.3, -0.25) is 0 Å². The van der Waals surface area contributed by atoms with Crippen LogP contribution in [0.2, 0.25) is 0 Å². The average Bonchev–Trinajstić information content (AvgIpc) is 2.93. The zero-order chi connectivity index (χ0) is 9.26. The van der Waals surface area contributed by atoms with E-state index in [2.05, 4.69) is 24.0 Å². The molecule has 2 N–H and O–H groups in total. The smallest absolute Gasteiger partial charge is 0.0602 e. The summed E-state index contributed by atoms with van der Waals surface area (Å²) >= 11 is 0. The van der Waals surface area contributed by atoms with E-state index in [-0.39, 0.29) is 0 Å². The molecule has 0 amide bonds. The van der Waals surface area contributed by atoms with Crippen LogP contribution in [-0.2, 0) is 0 Å². The molecule has 70 valence electrons. The largest absolute Gasteiger partial charge is 0.397 e. The lowest BCUT2D eigenvalue weighted by molar-refractivity contribution is 0.828. The third kappa shape index (κ3) is 1.62. The van der Waals surface area contributed by atoms with Crippen LogP contribution in [-0.4, -0.2) is 12.6 Å². The number of benzene rings is 1. The molecule has 0 aliphatic heterocycles. The fraction of sp³-hybridized carbons (Fsp3) is 0.455. The van der Waals surface area contributed by atoms with Crippen molar-refractivity contribution >= 4 is 11.4 Å². The SMILES string of the molecule is CCN(c1ccccc1N)C1CC1. The number of hydrogen-bond acceptors (Lipinski definition) is 2. The van der Waals surface area contributed by atoms with Crippen LogP contribution >= 0.6 is 0 Å². The van der Waals surface area contributed by atoms with Crippen molar-refractivity contribution in [2.75, 3.05) is 17.2 Å². The quantitative estimate of drug-likeness (QED) is 0.716. The summed E-state index contributed by atoms with van der Waals surface area (Å²) in [5.41, 5.74) is 8.02. The summed E-state index contributed by atoms with van der Waals surface area (Å²) in [6.45, 7) is 3.24. The molecule has 1 saturated carbocycles. The van der Waals surface area contributed by atoms with Crippen molar-refractivity contribution in [1.82, 2.24) is 0 Å². The molecule has 0 unspecified atom stereocenters. The number of rotatable bonds is 3. The molecule has 0 aromatic heterocycles. The van der Waals surface area contributed by atoms with Crippen LogP contribution in [0.15, 0.2) is 24.3 Å². The minimum absolute atomic E-state index is 0.745. The highest BCUT2D eigenvalue weighted by atomic mass is 15.2. The van der Waals surface area contributed by atoms with Crippen LogP contribution in [0.3, 0.4) is 0 Å². The summed E-state index contributed by atoms with van der Waals surface area (Å²) in [5, 5.41) is 0.